The van der Waals surface area contributed by atoms with Crippen LogP contribution in [0.2, 0.25) is 0 Å². The van der Waals surface area contributed by atoms with Gasteiger partial charge in [0.25, 0.3) is 0 Å². The molecular weight excluding hydrogens is 340 g/mol. The molecule has 5 heteroatoms. The Hall–Kier alpha value is -2.14. The van der Waals surface area contributed by atoms with Gasteiger partial charge in [-0.25, -0.2) is 0 Å². The molecule has 1 aromatic rings. The van der Waals surface area contributed by atoms with Crippen LogP contribution in [0.3, 0.4) is 0 Å². The maximum absolute atomic E-state index is 13.0. The van der Waals surface area contributed by atoms with E-state index in [9.17, 15) is 14.7 Å². The van der Waals surface area contributed by atoms with E-state index < -0.39 is 11.9 Å². The van der Waals surface area contributed by atoms with E-state index in [1.165, 1.54) is 5.56 Å². The zero-order valence-electron chi connectivity index (χ0n) is 15.7. The summed E-state index contributed by atoms with van der Waals surface area (Å²) in [5.41, 5.74) is 1.20. The smallest absolute Gasteiger partial charge is 0.307 e. The van der Waals surface area contributed by atoms with E-state index >= 15 is 0 Å². The van der Waals surface area contributed by atoms with Gasteiger partial charge in [0.15, 0.2) is 0 Å². The normalized spacial score (nSPS) is 30.9. The third kappa shape index (κ3) is 3.79. The summed E-state index contributed by atoms with van der Waals surface area (Å²) >= 11 is 0. The quantitative estimate of drug-likeness (QED) is 0.868. The monoisotopic (exact) mass is 368 g/mol. The first-order valence-electron chi connectivity index (χ1n) is 10.1. The lowest BCUT2D eigenvalue weighted by atomic mass is 9.78. The van der Waals surface area contributed by atoms with Crippen molar-refractivity contribution >= 4 is 18.0 Å². The molecule has 1 amide bonds. The highest BCUT2D eigenvalue weighted by Crippen LogP contribution is 2.53. The number of benzene rings is 1. The van der Waals surface area contributed by atoms with Crippen molar-refractivity contribution < 1.29 is 14.7 Å². The molecule has 2 saturated carbocycles. The van der Waals surface area contributed by atoms with Gasteiger partial charge < -0.3 is 10.0 Å². The number of aliphatic carboxylic acids is 1. The molecule has 3 fully saturated rings. The van der Waals surface area contributed by atoms with Crippen molar-refractivity contribution in [2.24, 2.45) is 23.7 Å². The van der Waals surface area contributed by atoms with Gasteiger partial charge in [-0.05, 0) is 36.7 Å². The summed E-state index contributed by atoms with van der Waals surface area (Å²) in [6.45, 7) is 3.99. The lowest BCUT2D eigenvalue weighted by Gasteiger charge is -2.38. The predicted octanol–water partition coefficient (Wildman–Crippen LogP) is 2.59. The number of carbonyl (C=O) groups excluding carboxylic acids is 1. The van der Waals surface area contributed by atoms with Crippen LogP contribution in [-0.4, -0.2) is 59.5 Å². The average molecular weight is 368 g/mol. The number of piperazine rings is 1. The number of amides is 1. The Kier molecular flexibility index (Phi) is 5.30. The Morgan fingerprint density at radius 3 is 2.33 bits per heavy atom. The van der Waals surface area contributed by atoms with E-state index in [1.54, 1.807) is 0 Å². The number of hydrogen-bond donors (Lipinski definition) is 1. The minimum absolute atomic E-state index is 0.0917. The fraction of sp³-hybridized carbons (Fsp3) is 0.545. The molecule has 144 valence electrons. The van der Waals surface area contributed by atoms with E-state index in [0.717, 1.165) is 38.9 Å². The van der Waals surface area contributed by atoms with Crippen LogP contribution >= 0.6 is 0 Å². The Morgan fingerprint density at radius 1 is 1.00 bits per heavy atom. The first-order valence-corrected chi connectivity index (χ1v) is 10.1. The SMILES string of the molecule is O=C(O)[C@H]1[C@H]2CC[C@@H](C2)[C@H]1C(=O)N1CCN(C/C=C/c2ccccc2)CC1. The van der Waals surface area contributed by atoms with Gasteiger partial charge >= 0.3 is 5.97 Å². The average Bonchev–Trinajstić information content (AvgIpc) is 3.30. The molecule has 2 aliphatic carbocycles. The van der Waals surface area contributed by atoms with Crippen molar-refractivity contribution in [2.75, 3.05) is 32.7 Å². The molecule has 1 aromatic carbocycles. The van der Waals surface area contributed by atoms with E-state index in [0.29, 0.717) is 13.1 Å². The van der Waals surface area contributed by atoms with Crippen LogP contribution in [-0.2, 0) is 9.59 Å². The molecule has 1 aliphatic heterocycles. The van der Waals surface area contributed by atoms with E-state index in [1.807, 2.05) is 23.1 Å². The minimum Gasteiger partial charge on any atom is -0.481 e. The number of fused-ring (bicyclic) bond motifs is 2. The van der Waals surface area contributed by atoms with Crippen LogP contribution in [0.5, 0.6) is 0 Å². The molecule has 2 bridgehead atoms. The summed E-state index contributed by atoms with van der Waals surface area (Å²) in [5.74, 6) is -0.922. The van der Waals surface area contributed by atoms with Gasteiger partial charge in [-0.2, -0.15) is 0 Å². The van der Waals surface area contributed by atoms with Gasteiger partial charge in [0.05, 0.1) is 11.8 Å². The van der Waals surface area contributed by atoms with Crippen molar-refractivity contribution in [2.45, 2.75) is 19.3 Å². The predicted molar refractivity (Wildman–Crippen MR) is 104 cm³/mol. The van der Waals surface area contributed by atoms with E-state index in [-0.39, 0.29) is 23.7 Å². The number of rotatable bonds is 5. The summed E-state index contributed by atoms with van der Waals surface area (Å²) < 4.78 is 0. The Morgan fingerprint density at radius 2 is 1.67 bits per heavy atom. The van der Waals surface area contributed by atoms with Crippen LogP contribution in [0.1, 0.15) is 24.8 Å². The van der Waals surface area contributed by atoms with Crippen molar-refractivity contribution in [3.8, 4) is 0 Å². The van der Waals surface area contributed by atoms with Gasteiger partial charge in [-0.1, -0.05) is 42.5 Å². The fourth-order valence-corrected chi connectivity index (χ4v) is 5.27. The second kappa shape index (κ2) is 7.85. The molecule has 0 radical (unpaired) electrons. The topological polar surface area (TPSA) is 60.9 Å². The van der Waals surface area contributed by atoms with Gasteiger partial charge in [-0.3, -0.25) is 14.5 Å². The fourth-order valence-electron chi connectivity index (χ4n) is 5.27. The maximum atomic E-state index is 13.0. The highest BCUT2D eigenvalue weighted by molar-refractivity contribution is 5.86. The standard InChI is InChI=1S/C22H28N2O3/c25-21(19-17-8-9-18(15-17)20(19)22(26)27)24-13-11-23(12-14-24)10-4-7-16-5-2-1-3-6-16/h1-7,17-20H,8-15H2,(H,26,27)/b7-4+/t17-,18-,19+,20-/m0/s1. The summed E-state index contributed by atoms with van der Waals surface area (Å²) in [6, 6.07) is 10.2. The lowest BCUT2D eigenvalue weighted by molar-refractivity contribution is -0.153. The molecule has 0 spiro atoms. The second-order valence-electron chi connectivity index (χ2n) is 8.16. The summed E-state index contributed by atoms with van der Waals surface area (Å²) in [4.78, 5) is 29.0. The molecule has 0 unspecified atom stereocenters. The first kappa shape index (κ1) is 18.2. The van der Waals surface area contributed by atoms with E-state index in [2.05, 4.69) is 29.2 Å². The Labute approximate surface area is 160 Å². The summed E-state index contributed by atoms with van der Waals surface area (Å²) in [6.07, 6.45) is 7.23. The molecular formula is C22H28N2O3. The number of carboxylic acid groups (broad SMARTS) is 1. The molecule has 3 aliphatic rings. The minimum atomic E-state index is -0.773. The van der Waals surface area contributed by atoms with Crippen molar-refractivity contribution in [1.29, 1.82) is 0 Å². The summed E-state index contributed by atoms with van der Waals surface area (Å²) in [5, 5.41) is 9.60. The highest BCUT2D eigenvalue weighted by atomic mass is 16.4. The number of nitrogens with zero attached hydrogens (tertiary/aromatic N) is 2. The number of carboxylic acids is 1. The number of hydrogen-bond acceptors (Lipinski definition) is 3. The molecule has 4 atom stereocenters. The van der Waals surface area contributed by atoms with E-state index in [4.69, 9.17) is 0 Å². The molecule has 27 heavy (non-hydrogen) atoms. The summed E-state index contributed by atoms with van der Waals surface area (Å²) in [7, 11) is 0. The highest BCUT2D eigenvalue weighted by Gasteiger charge is 2.54. The van der Waals surface area contributed by atoms with Crippen molar-refractivity contribution in [3.63, 3.8) is 0 Å². The van der Waals surface area contributed by atoms with Crippen molar-refractivity contribution in [1.82, 2.24) is 9.80 Å². The van der Waals surface area contributed by atoms with Crippen LogP contribution in [0.25, 0.3) is 6.08 Å². The van der Waals surface area contributed by atoms with Crippen LogP contribution in [0, 0.1) is 23.7 Å². The van der Waals surface area contributed by atoms with Gasteiger partial charge in [0.2, 0.25) is 5.91 Å². The Bertz CT molecular complexity index is 710. The maximum Gasteiger partial charge on any atom is 0.307 e. The van der Waals surface area contributed by atoms with Gasteiger partial charge in [-0.15, -0.1) is 0 Å². The van der Waals surface area contributed by atoms with Crippen LogP contribution in [0.15, 0.2) is 36.4 Å². The molecule has 0 aromatic heterocycles. The van der Waals surface area contributed by atoms with Crippen LogP contribution in [0.4, 0.5) is 0 Å². The largest absolute Gasteiger partial charge is 0.481 e. The van der Waals surface area contributed by atoms with Gasteiger partial charge in [0, 0.05) is 32.7 Å². The lowest BCUT2D eigenvalue weighted by Crippen LogP contribution is -2.52. The Balaban J connectivity index is 1.29. The third-order valence-electron chi connectivity index (χ3n) is 6.64. The molecule has 5 nitrogen and oxygen atoms in total. The molecule has 4 rings (SSSR count). The zero-order valence-corrected chi connectivity index (χ0v) is 15.7. The number of carbonyl (C=O) groups is 2. The van der Waals surface area contributed by atoms with Crippen molar-refractivity contribution in [3.05, 3.63) is 42.0 Å². The molecule has 1 heterocycles. The first-order chi connectivity index (χ1) is 13.1. The third-order valence-corrected chi connectivity index (χ3v) is 6.64. The van der Waals surface area contributed by atoms with Crippen LogP contribution < -0.4 is 0 Å². The zero-order chi connectivity index (χ0) is 18.8. The van der Waals surface area contributed by atoms with Gasteiger partial charge in [0.1, 0.15) is 0 Å². The molecule has 1 N–H and O–H groups in total. The molecule has 1 saturated heterocycles. The second-order valence-corrected chi connectivity index (χ2v) is 8.16.